The number of amides is 1. The zero-order valence-electron chi connectivity index (χ0n) is 12.2. The quantitative estimate of drug-likeness (QED) is 0.925. The predicted octanol–water partition coefficient (Wildman–Crippen LogP) is 3.08. The fourth-order valence-corrected chi connectivity index (χ4v) is 2.79. The molecule has 0 saturated carbocycles. The van der Waals surface area contributed by atoms with Crippen LogP contribution in [0.1, 0.15) is 32.3 Å². The van der Waals surface area contributed by atoms with Crippen molar-refractivity contribution in [2.45, 2.75) is 39.3 Å². The minimum atomic E-state index is 0.103. The second-order valence-electron chi connectivity index (χ2n) is 5.77. The first kappa shape index (κ1) is 15.3. The molecule has 0 bridgehead atoms. The second kappa shape index (κ2) is 7.09. The molecular formula is C16H23ClN2O. The fraction of sp³-hybridized carbons (Fsp3) is 0.562. The van der Waals surface area contributed by atoms with E-state index in [9.17, 15) is 4.79 Å². The maximum absolute atomic E-state index is 11.9. The van der Waals surface area contributed by atoms with Gasteiger partial charge >= 0.3 is 0 Å². The molecule has 0 unspecified atom stereocenters. The van der Waals surface area contributed by atoms with E-state index in [1.807, 2.05) is 36.9 Å². The van der Waals surface area contributed by atoms with Crippen LogP contribution in [0.2, 0.25) is 5.02 Å². The van der Waals surface area contributed by atoms with Gasteiger partial charge in [-0.25, -0.2) is 0 Å². The van der Waals surface area contributed by atoms with Gasteiger partial charge in [0.05, 0.1) is 0 Å². The Labute approximate surface area is 126 Å². The number of carbonyl (C=O) groups is 1. The maximum atomic E-state index is 11.9. The molecule has 1 amide bonds. The van der Waals surface area contributed by atoms with E-state index in [0.29, 0.717) is 6.04 Å². The zero-order chi connectivity index (χ0) is 14.5. The highest BCUT2D eigenvalue weighted by Gasteiger charge is 2.23. The lowest BCUT2D eigenvalue weighted by atomic mass is 10.0. The summed E-state index contributed by atoms with van der Waals surface area (Å²) in [5, 5.41) is 4.34. The summed E-state index contributed by atoms with van der Waals surface area (Å²) in [4.78, 5) is 13.9. The van der Waals surface area contributed by atoms with E-state index >= 15 is 0 Å². The van der Waals surface area contributed by atoms with Gasteiger partial charge in [0, 0.05) is 36.6 Å². The SMILES string of the molecule is CC(C)C(=O)N1CCC(NCc2cccc(Cl)c2)CC1. The molecule has 20 heavy (non-hydrogen) atoms. The minimum Gasteiger partial charge on any atom is -0.342 e. The van der Waals surface area contributed by atoms with Gasteiger partial charge in [0.1, 0.15) is 0 Å². The van der Waals surface area contributed by atoms with Gasteiger partial charge in [0.25, 0.3) is 0 Å². The van der Waals surface area contributed by atoms with Crippen molar-refractivity contribution in [2.24, 2.45) is 5.92 Å². The van der Waals surface area contributed by atoms with Crippen molar-refractivity contribution in [3.63, 3.8) is 0 Å². The molecule has 1 aromatic carbocycles. The van der Waals surface area contributed by atoms with Crippen LogP contribution in [-0.4, -0.2) is 29.9 Å². The normalized spacial score (nSPS) is 16.7. The molecule has 1 aliphatic rings. The molecule has 4 heteroatoms. The number of piperidine rings is 1. The average molecular weight is 295 g/mol. The molecule has 0 radical (unpaired) electrons. The number of benzene rings is 1. The number of hydrogen-bond donors (Lipinski definition) is 1. The fourth-order valence-electron chi connectivity index (χ4n) is 2.58. The molecule has 0 aliphatic carbocycles. The van der Waals surface area contributed by atoms with Gasteiger partial charge in [-0.1, -0.05) is 37.6 Å². The summed E-state index contributed by atoms with van der Waals surface area (Å²) < 4.78 is 0. The van der Waals surface area contributed by atoms with E-state index < -0.39 is 0 Å². The van der Waals surface area contributed by atoms with Crippen molar-refractivity contribution in [1.29, 1.82) is 0 Å². The highest BCUT2D eigenvalue weighted by molar-refractivity contribution is 6.30. The summed E-state index contributed by atoms with van der Waals surface area (Å²) >= 11 is 5.98. The van der Waals surface area contributed by atoms with Crippen molar-refractivity contribution in [3.8, 4) is 0 Å². The van der Waals surface area contributed by atoms with Gasteiger partial charge in [0.2, 0.25) is 5.91 Å². The van der Waals surface area contributed by atoms with Crippen LogP contribution < -0.4 is 5.32 Å². The molecular weight excluding hydrogens is 272 g/mol. The molecule has 1 aromatic rings. The summed E-state index contributed by atoms with van der Waals surface area (Å²) in [5.41, 5.74) is 1.21. The molecule has 0 atom stereocenters. The van der Waals surface area contributed by atoms with E-state index in [1.165, 1.54) is 5.56 Å². The Morgan fingerprint density at radius 1 is 1.40 bits per heavy atom. The number of rotatable bonds is 4. The van der Waals surface area contributed by atoms with Crippen LogP contribution in [0.5, 0.6) is 0 Å². The van der Waals surface area contributed by atoms with Crippen LogP contribution in [0.3, 0.4) is 0 Å². The summed E-state index contributed by atoms with van der Waals surface area (Å²) in [6.07, 6.45) is 2.05. The monoisotopic (exact) mass is 294 g/mol. The second-order valence-corrected chi connectivity index (χ2v) is 6.20. The van der Waals surface area contributed by atoms with E-state index in [4.69, 9.17) is 11.6 Å². The molecule has 3 nitrogen and oxygen atoms in total. The minimum absolute atomic E-state index is 0.103. The Hall–Kier alpha value is -1.06. The van der Waals surface area contributed by atoms with Gasteiger partial charge in [0.15, 0.2) is 0 Å². The van der Waals surface area contributed by atoms with Gasteiger partial charge in [-0.05, 0) is 30.5 Å². The Morgan fingerprint density at radius 2 is 2.10 bits per heavy atom. The molecule has 1 heterocycles. The predicted molar refractivity (Wildman–Crippen MR) is 82.7 cm³/mol. The molecule has 1 fully saturated rings. The smallest absolute Gasteiger partial charge is 0.225 e. The zero-order valence-corrected chi connectivity index (χ0v) is 13.0. The lowest BCUT2D eigenvalue weighted by Crippen LogP contribution is -2.45. The average Bonchev–Trinajstić information content (AvgIpc) is 2.45. The molecule has 0 spiro atoms. The topological polar surface area (TPSA) is 32.3 Å². The molecule has 1 aliphatic heterocycles. The first-order valence-corrected chi connectivity index (χ1v) is 7.70. The summed E-state index contributed by atoms with van der Waals surface area (Å²) in [7, 11) is 0. The number of nitrogens with zero attached hydrogens (tertiary/aromatic N) is 1. The van der Waals surface area contributed by atoms with Crippen molar-refractivity contribution < 1.29 is 4.79 Å². The van der Waals surface area contributed by atoms with E-state index in [2.05, 4.69) is 11.4 Å². The van der Waals surface area contributed by atoms with Crippen LogP contribution in [0.15, 0.2) is 24.3 Å². The Bertz CT molecular complexity index is 454. The van der Waals surface area contributed by atoms with Crippen molar-refractivity contribution >= 4 is 17.5 Å². The number of halogens is 1. The van der Waals surface area contributed by atoms with Crippen LogP contribution in [0.25, 0.3) is 0 Å². The number of hydrogen-bond acceptors (Lipinski definition) is 2. The Balaban J connectivity index is 1.76. The van der Waals surface area contributed by atoms with E-state index in [1.54, 1.807) is 0 Å². The number of carbonyl (C=O) groups excluding carboxylic acids is 1. The van der Waals surface area contributed by atoms with Gasteiger partial charge in [-0.3, -0.25) is 4.79 Å². The highest BCUT2D eigenvalue weighted by atomic mass is 35.5. The molecule has 1 N–H and O–H groups in total. The van der Waals surface area contributed by atoms with Gasteiger partial charge in [-0.2, -0.15) is 0 Å². The third kappa shape index (κ3) is 4.22. The lowest BCUT2D eigenvalue weighted by molar-refractivity contribution is -0.135. The summed E-state index contributed by atoms with van der Waals surface area (Å²) in [6.45, 7) is 6.50. The standard InChI is InChI=1S/C16H23ClN2O/c1-12(2)16(20)19-8-6-15(7-9-19)18-11-13-4-3-5-14(17)10-13/h3-5,10,12,15,18H,6-9,11H2,1-2H3. The molecule has 110 valence electrons. The number of likely N-dealkylation sites (tertiary alicyclic amines) is 1. The van der Waals surface area contributed by atoms with Crippen LogP contribution in [-0.2, 0) is 11.3 Å². The third-order valence-corrected chi connectivity index (χ3v) is 4.02. The van der Waals surface area contributed by atoms with Crippen LogP contribution >= 0.6 is 11.6 Å². The van der Waals surface area contributed by atoms with Crippen molar-refractivity contribution in [3.05, 3.63) is 34.9 Å². The first-order chi connectivity index (χ1) is 9.56. The van der Waals surface area contributed by atoms with Gasteiger partial charge in [-0.15, -0.1) is 0 Å². The first-order valence-electron chi connectivity index (χ1n) is 7.33. The maximum Gasteiger partial charge on any atom is 0.225 e. The largest absolute Gasteiger partial charge is 0.342 e. The van der Waals surface area contributed by atoms with Gasteiger partial charge < -0.3 is 10.2 Å². The highest BCUT2D eigenvalue weighted by Crippen LogP contribution is 2.15. The molecule has 2 rings (SSSR count). The van der Waals surface area contributed by atoms with E-state index in [-0.39, 0.29) is 11.8 Å². The Morgan fingerprint density at radius 3 is 2.70 bits per heavy atom. The summed E-state index contributed by atoms with van der Waals surface area (Å²) in [6, 6.07) is 8.43. The van der Waals surface area contributed by atoms with Crippen molar-refractivity contribution in [1.82, 2.24) is 10.2 Å². The number of nitrogens with one attached hydrogen (secondary N) is 1. The van der Waals surface area contributed by atoms with Crippen molar-refractivity contribution in [2.75, 3.05) is 13.1 Å². The van der Waals surface area contributed by atoms with Crippen LogP contribution in [0, 0.1) is 5.92 Å². The molecule has 1 saturated heterocycles. The van der Waals surface area contributed by atoms with Crippen LogP contribution in [0.4, 0.5) is 0 Å². The molecule has 0 aromatic heterocycles. The Kier molecular flexibility index (Phi) is 5.44. The van der Waals surface area contributed by atoms with E-state index in [0.717, 1.165) is 37.5 Å². The third-order valence-electron chi connectivity index (χ3n) is 3.78. The lowest BCUT2D eigenvalue weighted by Gasteiger charge is -2.33. The summed E-state index contributed by atoms with van der Waals surface area (Å²) in [5.74, 6) is 0.379.